The Morgan fingerprint density at radius 2 is 1.96 bits per heavy atom. The molecule has 0 saturated heterocycles. The first-order valence-electron chi connectivity index (χ1n) is 7.28. The van der Waals surface area contributed by atoms with Crippen LogP contribution in [0.25, 0.3) is 28.5 Å². The molecule has 0 aliphatic rings. The van der Waals surface area contributed by atoms with Crippen molar-refractivity contribution in [1.82, 2.24) is 24.8 Å². The Kier molecular flexibility index (Phi) is 3.76. The molecule has 7 heteroatoms. The van der Waals surface area contributed by atoms with Crippen LogP contribution in [0.2, 0.25) is 0 Å². The molecule has 118 valence electrons. The van der Waals surface area contributed by atoms with Crippen LogP contribution >= 0.6 is 11.3 Å². The summed E-state index contributed by atoms with van der Waals surface area (Å²) in [5, 5.41) is 13.9. The Bertz CT molecular complexity index is 989. The van der Waals surface area contributed by atoms with Crippen molar-refractivity contribution in [3.63, 3.8) is 0 Å². The number of hydrogen-bond acceptors (Lipinski definition) is 6. The molecule has 24 heavy (non-hydrogen) atoms. The van der Waals surface area contributed by atoms with E-state index < -0.39 is 0 Å². The van der Waals surface area contributed by atoms with Gasteiger partial charge in [-0.1, -0.05) is 23.5 Å². The average Bonchev–Trinajstić information content (AvgIpc) is 3.21. The number of rotatable bonds is 4. The predicted molar refractivity (Wildman–Crippen MR) is 93.8 cm³/mol. The monoisotopic (exact) mass is 335 g/mol. The summed E-state index contributed by atoms with van der Waals surface area (Å²) < 4.78 is 6.94. The molecule has 0 bridgehead atoms. The highest BCUT2D eigenvalue weighted by molar-refractivity contribution is 7.17. The second-order valence-electron chi connectivity index (χ2n) is 5.01. The van der Waals surface area contributed by atoms with Gasteiger partial charge in [0.05, 0.1) is 7.11 Å². The summed E-state index contributed by atoms with van der Waals surface area (Å²) >= 11 is 1.49. The lowest BCUT2D eigenvalue weighted by molar-refractivity contribution is 0.415. The first kappa shape index (κ1) is 14.5. The Hall–Kier alpha value is -3.06. The third kappa shape index (κ3) is 2.77. The van der Waals surface area contributed by atoms with E-state index in [1.165, 1.54) is 11.3 Å². The van der Waals surface area contributed by atoms with E-state index >= 15 is 0 Å². The van der Waals surface area contributed by atoms with Crippen LogP contribution in [0.15, 0.2) is 48.8 Å². The average molecular weight is 335 g/mol. The summed E-state index contributed by atoms with van der Waals surface area (Å²) in [6.45, 7) is 0. The summed E-state index contributed by atoms with van der Waals surface area (Å²) in [6.07, 6.45) is 7.49. The summed E-state index contributed by atoms with van der Waals surface area (Å²) in [5.74, 6) is 1.52. The predicted octanol–water partition coefficient (Wildman–Crippen LogP) is 3.43. The third-order valence-corrected chi connectivity index (χ3v) is 4.32. The lowest BCUT2D eigenvalue weighted by atomic mass is 10.2. The molecule has 0 fully saturated rings. The van der Waals surface area contributed by atoms with Crippen molar-refractivity contribution < 1.29 is 4.74 Å². The number of aromatic nitrogens is 5. The molecule has 0 atom stereocenters. The van der Waals surface area contributed by atoms with Gasteiger partial charge in [0.2, 0.25) is 4.96 Å². The maximum absolute atomic E-state index is 5.18. The number of hydrogen-bond donors (Lipinski definition) is 0. The van der Waals surface area contributed by atoms with Crippen molar-refractivity contribution in [1.29, 1.82) is 0 Å². The van der Waals surface area contributed by atoms with E-state index in [4.69, 9.17) is 4.74 Å². The summed E-state index contributed by atoms with van der Waals surface area (Å²) in [4.78, 5) is 4.85. The molecule has 0 spiro atoms. The van der Waals surface area contributed by atoms with E-state index in [0.717, 1.165) is 26.8 Å². The largest absolute Gasteiger partial charge is 0.497 e. The van der Waals surface area contributed by atoms with Crippen LogP contribution in [0, 0.1) is 0 Å². The topological polar surface area (TPSA) is 65.2 Å². The van der Waals surface area contributed by atoms with Crippen molar-refractivity contribution in [2.45, 2.75) is 0 Å². The zero-order valence-corrected chi connectivity index (χ0v) is 13.6. The maximum atomic E-state index is 5.18. The van der Waals surface area contributed by atoms with Crippen LogP contribution in [0.5, 0.6) is 5.75 Å². The summed E-state index contributed by atoms with van der Waals surface area (Å²) in [6, 6.07) is 11.6. The van der Waals surface area contributed by atoms with Crippen LogP contribution in [0.1, 0.15) is 10.6 Å². The van der Waals surface area contributed by atoms with Crippen molar-refractivity contribution in [3.8, 4) is 17.1 Å². The van der Waals surface area contributed by atoms with Crippen LogP contribution in [0.3, 0.4) is 0 Å². The Morgan fingerprint density at radius 1 is 1.08 bits per heavy atom. The van der Waals surface area contributed by atoms with Gasteiger partial charge in [0, 0.05) is 18.0 Å². The molecule has 4 aromatic rings. The molecule has 0 N–H and O–H groups in total. The minimum absolute atomic E-state index is 0.713. The van der Waals surface area contributed by atoms with Gasteiger partial charge in [-0.15, -0.1) is 10.2 Å². The zero-order chi connectivity index (χ0) is 16.4. The van der Waals surface area contributed by atoms with Crippen LogP contribution in [-0.2, 0) is 0 Å². The molecule has 0 saturated carbocycles. The van der Waals surface area contributed by atoms with Crippen molar-refractivity contribution >= 4 is 28.4 Å². The minimum atomic E-state index is 0.713. The van der Waals surface area contributed by atoms with Gasteiger partial charge >= 0.3 is 0 Å². The number of fused-ring (bicyclic) bond motifs is 1. The van der Waals surface area contributed by atoms with Gasteiger partial charge in [0.1, 0.15) is 10.8 Å². The quantitative estimate of drug-likeness (QED) is 0.572. The number of benzene rings is 1. The van der Waals surface area contributed by atoms with E-state index in [9.17, 15) is 0 Å². The molecule has 0 amide bonds. The molecule has 0 radical (unpaired) electrons. The van der Waals surface area contributed by atoms with Crippen molar-refractivity contribution in [2.75, 3.05) is 7.11 Å². The van der Waals surface area contributed by atoms with Gasteiger partial charge in [-0.2, -0.15) is 9.61 Å². The summed E-state index contributed by atoms with van der Waals surface area (Å²) in [7, 11) is 1.64. The molecular formula is C17H13N5OS. The van der Waals surface area contributed by atoms with Gasteiger partial charge in [-0.3, -0.25) is 4.98 Å². The standard InChI is InChI=1S/C17H13N5OS/c1-23-14-7-5-13(6-8-14)16-19-20-17-22(16)21-15(24-17)9-4-12-3-2-10-18-11-12/h2-11H,1H3/b9-4+. The zero-order valence-electron chi connectivity index (χ0n) is 12.8. The molecule has 3 aromatic heterocycles. The number of pyridine rings is 1. The van der Waals surface area contributed by atoms with Crippen molar-refractivity contribution in [2.24, 2.45) is 0 Å². The van der Waals surface area contributed by atoms with E-state index in [0.29, 0.717) is 5.82 Å². The Morgan fingerprint density at radius 3 is 2.71 bits per heavy atom. The molecule has 0 unspecified atom stereocenters. The van der Waals surface area contributed by atoms with Crippen LogP contribution < -0.4 is 4.74 Å². The van der Waals surface area contributed by atoms with E-state index in [2.05, 4.69) is 20.3 Å². The molecule has 0 aliphatic heterocycles. The van der Waals surface area contributed by atoms with Gasteiger partial charge < -0.3 is 4.74 Å². The first-order chi connectivity index (χ1) is 11.8. The normalized spacial score (nSPS) is 11.4. The fourth-order valence-electron chi connectivity index (χ4n) is 2.26. The van der Waals surface area contributed by atoms with Gasteiger partial charge in [-0.05, 0) is 42.0 Å². The Labute approximate surface area is 142 Å². The van der Waals surface area contributed by atoms with E-state index in [1.54, 1.807) is 24.0 Å². The molecule has 4 rings (SSSR count). The second kappa shape index (κ2) is 6.21. The first-order valence-corrected chi connectivity index (χ1v) is 8.10. The lowest BCUT2D eigenvalue weighted by Gasteiger charge is -2.00. The Balaban J connectivity index is 1.66. The van der Waals surface area contributed by atoms with Gasteiger partial charge in [0.15, 0.2) is 5.82 Å². The third-order valence-electron chi connectivity index (χ3n) is 3.46. The highest BCUT2D eigenvalue weighted by Gasteiger charge is 2.12. The molecular weight excluding hydrogens is 322 g/mol. The van der Waals surface area contributed by atoms with Crippen LogP contribution in [0.4, 0.5) is 0 Å². The number of ether oxygens (including phenoxy) is 1. The lowest BCUT2D eigenvalue weighted by Crippen LogP contribution is -1.91. The smallest absolute Gasteiger partial charge is 0.235 e. The maximum Gasteiger partial charge on any atom is 0.235 e. The number of nitrogens with zero attached hydrogens (tertiary/aromatic N) is 5. The molecule has 1 aromatic carbocycles. The fraction of sp³-hybridized carbons (Fsp3) is 0.0588. The summed E-state index contributed by atoms with van der Waals surface area (Å²) in [5.41, 5.74) is 1.97. The van der Waals surface area contributed by atoms with E-state index in [1.807, 2.05) is 48.6 Å². The molecule has 6 nitrogen and oxygen atoms in total. The SMILES string of the molecule is COc1ccc(-c2nnc3sc(/C=C/c4cccnc4)nn23)cc1. The van der Waals surface area contributed by atoms with Gasteiger partial charge in [0.25, 0.3) is 0 Å². The minimum Gasteiger partial charge on any atom is -0.497 e. The van der Waals surface area contributed by atoms with Crippen molar-refractivity contribution in [3.05, 3.63) is 59.4 Å². The fourth-order valence-corrected chi connectivity index (χ4v) is 3.00. The van der Waals surface area contributed by atoms with Crippen LogP contribution in [-0.4, -0.2) is 31.9 Å². The molecule has 3 heterocycles. The molecule has 0 aliphatic carbocycles. The highest BCUT2D eigenvalue weighted by atomic mass is 32.1. The number of methoxy groups -OCH3 is 1. The second-order valence-corrected chi connectivity index (χ2v) is 5.99. The van der Waals surface area contributed by atoms with E-state index in [-0.39, 0.29) is 0 Å². The van der Waals surface area contributed by atoms with Gasteiger partial charge in [-0.25, -0.2) is 0 Å². The highest BCUT2D eigenvalue weighted by Crippen LogP contribution is 2.24.